The van der Waals surface area contributed by atoms with Gasteiger partial charge >= 0.3 is 0 Å². The normalized spacial score (nSPS) is 16.3. The van der Waals surface area contributed by atoms with Crippen molar-refractivity contribution in [1.82, 2.24) is 34.8 Å². The quantitative estimate of drug-likeness (QED) is 0.751. The molecule has 3 aromatic heterocycles. The van der Waals surface area contributed by atoms with Crippen LogP contribution in [0.4, 0.5) is 11.6 Å². The Morgan fingerprint density at radius 2 is 1.89 bits per heavy atom. The molecule has 136 valence electrons. The molecule has 1 N–H and O–H groups in total. The van der Waals surface area contributed by atoms with Crippen LogP contribution in [-0.2, 0) is 0 Å². The largest absolute Gasteiger partial charge is 0.329 e. The molecule has 0 radical (unpaired) electrons. The zero-order chi connectivity index (χ0) is 18.6. The van der Waals surface area contributed by atoms with Crippen molar-refractivity contribution in [2.75, 3.05) is 11.9 Å². The molecule has 27 heavy (non-hydrogen) atoms. The van der Waals surface area contributed by atoms with E-state index in [1.165, 1.54) is 12.4 Å². The molecule has 4 heterocycles. The van der Waals surface area contributed by atoms with Gasteiger partial charge < -0.3 is 10.2 Å². The maximum Gasteiger partial charge on any atom is 0.274 e. The molecule has 4 rings (SSSR count). The Hall–Kier alpha value is -3.49. The first kappa shape index (κ1) is 17.0. The van der Waals surface area contributed by atoms with Crippen LogP contribution in [0.3, 0.4) is 0 Å². The number of likely N-dealkylation sites (tertiary alicyclic amines) is 1. The Balaban J connectivity index is 1.61. The van der Waals surface area contributed by atoms with E-state index in [0.717, 1.165) is 18.5 Å². The van der Waals surface area contributed by atoms with Crippen LogP contribution < -0.4 is 5.32 Å². The van der Waals surface area contributed by atoms with Crippen molar-refractivity contribution < 1.29 is 4.79 Å². The van der Waals surface area contributed by atoms with Gasteiger partial charge in [0, 0.05) is 37.4 Å². The zero-order valence-electron chi connectivity index (χ0n) is 14.8. The van der Waals surface area contributed by atoms with Crippen molar-refractivity contribution in [1.29, 1.82) is 0 Å². The highest BCUT2D eigenvalue weighted by atomic mass is 16.2. The van der Waals surface area contributed by atoms with Gasteiger partial charge in [0.15, 0.2) is 0 Å². The average molecular weight is 362 g/mol. The van der Waals surface area contributed by atoms with Crippen LogP contribution in [0, 0.1) is 6.92 Å². The van der Waals surface area contributed by atoms with E-state index in [1.54, 1.807) is 29.7 Å². The Morgan fingerprint density at radius 3 is 2.63 bits per heavy atom. The molecule has 1 aliphatic heterocycles. The Labute approximate surface area is 156 Å². The van der Waals surface area contributed by atoms with Gasteiger partial charge in [0.25, 0.3) is 5.91 Å². The van der Waals surface area contributed by atoms with Gasteiger partial charge in [-0.1, -0.05) is 0 Å². The summed E-state index contributed by atoms with van der Waals surface area (Å²) in [6, 6.07) is 1.73. The number of carbonyl (C=O) groups is 1. The summed E-state index contributed by atoms with van der Waals surface area (Å²) in [7, 11) is 0. The first-order valence-corrected chi connectivity index (χ1v) is 8.66. The number of aromatic nitrogens is 6. The maximum atomic E-state index is 12.8. The molecule has 0 aliphatic carbocycles. The van der Waals surface area contributed by atoms with Gasteiger partial charge in [-0.2, -0.15) is 0 Å². The van der Waals surface area contributed by atoms with Crippen LogP contribution in [0.15, 0.2) is 43.2 Å². The lowest BCUT2D eigenvalue weighted by Crippen LogP contribution is -2.31. The summed E-state index contributed by atoms with van der Waals surface area (Å²) in [4.78, 5) is 40.0. The highest BCUT2D eigenvalue weighted by molar-refractivity contribution is 5.92. The number of rotatable bonds is 4. The lowest BCUT2D eigenvalue weighted by molar-refractivity contribution is 0.0726. The first-order valence-electron chi connectivity index (χ1n) is 8.66. The van der Waals surface area contributed by atoms with Gasteiger partial charge in [-0.05, 0) is 19.8 Å². The van der Waals surface area contributed by atoms with Gasteiger partial charge in [0.05, 0.1) is 24.1 Å². The molecule has 1 saturated heterocycles. The minimum absolute atomic E-state index is 0.122. The molecule has 3 aromatic rings. The molecule has 0 spiro atoms. The average Bonchev–Trinajstić information content (AvgIpc) is 3.18. The third kappa shape index (κ3) is 3.71. The van der Waals surface area contributed by atoms with E-state index in [0.29, 0.717) is 29.7 Å². The molecule has 9 nitrogen and oxygen atoms in total. The molecular formula is C18H18N8O. The van der Waals surface area contributed by atoms with E-state index < -0.39 is 0 Å². The topological polar surface area (TPSA) is 110 Å². The van der Waals surface area contributed by atoms with Crippen LogP contribution in [0.25, 0.3) is 0 Å². The van der Waals surface area contributed by atoms with Crippen molar-refractivity contribution >= 4 is 17.5 Å². The molecule has 0 aromatic carbocycles. The molecule has 0 bridgehead atoms. The summed E-state index contributed by atoms with van der Waals surface area (Å²) in [6.07, 6.45) is 11.2. The summed E-state index contributed by atoms with van der Waals surface area (Å²) < 4.78 is 0. The second kappa shape index (κ2) is 7.40. The molecular weight excluding hydrogens is 344 g/mol. The summed E-state index contributed by atoms with van der Waals surface area (Å²) in [5, 5.41) is 3.13. The molecule has 0 unspecified atom stereocenters. The fraction of sp³-hybridized carbons (Fsp3) is 0.278. The van der Waals surface area contributed by atoms with E-state index in [9.17, 15) is 4.79 Å². The SMILES string of the molecule is Cc1nc(Nc2cnccn2)cc([C@H]2CCCN2C(=O)c2cnccn2)n1. The summed E-state index contributed by atoms with van der Waals surface area (Å²) in [5.41, 5.74) is 1.14. The monoisotopic (exact) mass is 362 g/mol. The number of hydrogen-bond acceptors (Lipinski definition) is 8. The third-order valence-electron chi connectivity index (χ3n) is 4.31. The van der Waals surface area contributed by atoms with E-state index in [2.05, 4.69) is 35.2 Å². The Bertz CT molecular complexity index is 935. The highest BCUT2D eigenvalue weighted by Gasteiger charge is 2.32. The fourth-order valence-corrected chi connectivity index (χ4v) is 3.19. The number of amides is 1. The number of hydrogen-bond donors (Lipinski definition) is 1. The van der Waals surface area contributed by atoms with E-state index in [-0.39, 0.29) is 11.9 Å². The number of anilines is 2. The smallest absolute Gasteiger partial charge is 0.274 e. The maximum absolute atomic E-state index is 12.8. The number of nitrogens with one attached hydrogen (secondary N) is 1. The van der Waals surface area contributed by atoms with Gasteiger partial charge in [0.1, 0.15) is 23.2 Å². The minimum atomic E-state index is -0.134. The van der Waals surface area contributed by atoms with Crippen molar-refractivity contribution in [3.05, 3.63) is 60.5 Å². The minimum Gasteiger partial charge on any atom is -0.329 e. The molecule has 0 saturated carbocycles. The fourth-order valence-electron chi connectivity index (χ4n) is 3.19. The second-order valence-corrected chi connectivity index (χ2v) is 6.19. The summed E-state index contributed by atoms with van der Waals surface area (Å²) in [6.45, 7) is 2.49. The zero-order valence-corrected chi connectivity index (χ0v) is 14.8. The molecule has 1 atom stereocenters. The van der Waals surface area contributed by atoms with Crippen LogP contribution >= 0.6 is 0 Å². The number of nitrogens with zero attached hydrogens (tertiary/aromatic N) is 7. The van der Waals surface area contributed by atoms with Gasteiger partial charge in [0.2, 0.25) is 0 Å². The molecule has 1 fully saturated rings. The molecule has 1 amide bonds. The van der Waals surface area contributed by atoms with Crippen LogP contribution in [0.5, 0.6) is 0 Å². The number of aryl methyl sites for hydroxylation is 1. The third-order valence-corrected chi connectivity index (χ3v) is 4.31. The van der Waals surface area contributed by atoms with Crippen molar-refractivity contribution in [2.24, 2.45) is 0 Å². The lowest BCUT2D eigenvalue weighted by Gasteiger charge is -2.24. The van der Waals surface area contributed by atoms with Crippen molar-refractivity contribution in [3.63, 3.8) is 0 Å². The van der Waals surface area contributed by atoms with E-state index >= 15 is 0 Å². The van der Waals surface area contributed by atoms with Gasteiger partial charge in [-0.25, -0.2) is 19.9 Å². The van der Waals surface area contributed by atoms with Crippen LogP contribution in [-0.4, -0.2) is 47.3 Å². The number of carbonyl (C=O) groups excluding carboxylic acids is 1. The van der Waals surface area contributed by atoms with E-state index in [1.807, 2.05) is 13.0 Å². The van der Waals surface area contributed by atoms with Gasteiger partial charge in [-0.3, -0.25) is 14.8 Å². The standard InChI is InChI=1S/C18H18N8O/c1-12-23-13(9-16(24-12)25-17-11-20-5-7-22-17)15-3-2-8-26(15)18(27)14-10-19-4-6-21-14/h4-7,9-11,15H,2-3,8H2,1H3,(H,22,23,24,25)/t15-/m1/s1. The van der Waals surface area contributed by atoms with Crippen molar-refractivity contribution in [3.8, 4) is 0 Å². The van der Waals surface area contributed by atoms with E-state index in [4.69, 9.17) is 0 Å². The van der Waals surface area contributed by atoms with Crippen LogP contribution in [0.1, 0.15) is 40.9 Å². The van der Waals surface area contributed by atoms with Crippen molar-refractivity contribution in [2.45, 2.75) is 25.8 Å². The highest BCUT2D eigenvalue weighted by Crippen LogP contribution is 2.33. The second-order valence-electron chi connectivity index (χ2n) is 6.19. The first-order chi connectivity index (χ1) is 13.2. The van der Waals surface area contributed by atoms with Crippen LogP contribution in [0.2, 0.25) is 0 Å². The van der Waals surface area contributed by atoms with Gasteiger partial charge in [-0.15, -0.1) is 0 Å². The summed E-state index contributed by atoms with van der Waals surface area (Å²) in [5.74, 6) is 1.71. The Morgan fingerprint density at radius 1 is 1.07 bits per heavy atom. The molecule has 9 heteroatoms. The molecule has 1 aliphatic rings. The predicted molar refractivity (Wildman–Crippen MR) is 97.1 cm³/mol. The summed E-state index contributed by atoms with van der Waals surface area (Å²) >= 11 is 0. The lowest BCUT2D eigenvalue weighted by atomic mass is 10.1. The Kier molecular flexibility index (Phi) is 4.65. The predicted octanol–water partition coefficient (Wildman–Crippen LogP) is 2.09.